The maximum absolute atomic E-state index is 12.8. The van der Waals surface area contributed by atoms with Gasteiger partial charge in [-0.25, -0.2) is 0 Å². The first-order valence-corrected chi connectivity index (χ1v) is 9.36. The fourth-order valence-electron chi connectivity index (χ4n) is 3.81. The van der Waals surface area contributed by atoms with Crippen LogP contribution in [0.25, 0.3) is 0 Å². The van der Waals surface area contributed by atoms with E-state index in [1.807, 2.05) is 23.1 Å². The van der Waals surface area contributed by atoms with Crippen molar-refractivity contribution < 1.29 is 9.59 Å². The Hall–Kier alpha value is -1.84. The van der Waals surface area contributed by atoms with Crippen molar-refractivity contribution in [2.75, 3.05) is 13.1 Å². The molecule has 24 heavy (non-hydrogen) atoms. The highest BCUT2D eigenvalue weighted by Crippen LogP contribution is 2.41. The molecule has 3 fully saturated rings. The average Bonchev–Trinajstić information content (AvgIpc) is 3.51. The minimum Gasteiger partial charge on any atom is -0.349 e. The van der Waals surface area contributed by atoms with E-state index in [1.54, 1.807) is 0 Å². The van der Waals surface area contributed by atoms with Crippen LogP contribution in [0.15, 0.2) is 30.3 Å². The SMILES string of the molecule is O=C(N[C@@H](c1ccccc1)C1CC1)[C@@H]1CCCN(C(=O)C2CC2)C1. The summed E-state index contributed by atoms with van der Waals surface area (Å²) in [5.41, 5.74) is 1.20. The molecule has 0 unspecified atom stereocenters. The summed E-state index contributed by atoms with van der Waals surface area (Å²) in [7, 11) is 0. The maximum Gasteiger partial charge on any atom is 0.225 e. The molecule has 1 N–H and O–H groups in total. The van der Waals surface area contributed by atoms with E-state index in [0.29, 0.717) is 12.5 Å². The smallest absolute Gasteiger partial charge is 0.225 e. The predicted octanol–water partition coefficient (Wildman–Crippen LogP) is 2.90. The highest BCUT2D eigenvalue weighted by atomic mass is 16.2. The van der Waals surface area contributed by atoms with Gasteiger partial charge in [0.25, 0.3) is 0 Å². The standard InChI is InChI=1S/C20H26N2O2/c23-19(17-7-4-12-22(13-17)20(24)16-10-11-16)21-18(15-8-9-15)14-5-2-1-3-6-14/h1-3,5-6,15-18H,4,7-13H2,(H,21,23)/t17-,18+/m1/s1. The van der Waals surface area contributed by atoms with Crippen LogP contribution in [-0.2, 0) is 9.59 Å². The van der Waals surface area contributed by atoms with E-state index in [4.69, 9.17) is 0 Å². The first kappa shape index (κ1) is 15.7. The highest BCUT2D eigenvalue weighted by molar-refractivity contribution is 5.83. The van der Waals surface area contributed by atoms with Gasteiger partial charge in [-0.3, -0.25) is 9.59 Å². The van der Waals surface area contributed by atoms with Crippen molar-refractivity contribution in [2.45, 2.75) is 44.6 Å². The lowest BCUT2D eigenvalue weighted by atomic mass is 9.95. The molecule has 4 heteroatoms. The Morgan fingerprint density at radius 2 is 1.75 bits per heavy atom. The van der Waals surface area contributed by atoms with Crippen LogP contribution in [0.3, 0.4) is 0 Å². The van der Waals surface area contributed by atoms with Crippen molar-refractivity contribution in [3.63, 3.8) is 0 Å². The van der Waals surface area contributed by atoms with E-state index in [0.717, 1.165) is 32.2 Å². The second-order valence-electron chi connectivity index (χ2n) is 7.63. The van der Waals surface area contributed by atoms with E-state index >= 15 is 0 Å². The number of likely N-dealkylation sites (tertiary alicyclic amines) is 1. The zero-order valence-electron chi connectivity index (χ0n) is 14.1. The Morgan fingerprint density at radius 1 is 1.00 bits per heavy atom. The van der Waals surface area contributed by atoms with E-state index < -0.39 is 0 Å². The molecule has 4 rings (SSSR count). The molecule has 1 aromatic carbocycles. The van der Waals surface area contributed by atoms with E-state index in [2.05, 4.69) is 17.4 Å². The molecule has 0 radical (unpaired) electrons. The van der Waals surface area contributed by atoms with Crippen molar-refractivity contribution in [1.82, 2.24) is 10.2 Å². The minimum atomic E-state index is -0.0496. The van der Waals surface area contributed by atoms with Gasteiger partial charge in [-0.2, -0.15) is 0 Å². The number of benzene rings is 1. The fourth-order valence-corrected chi connectivity index (χ4v) is 3.81. The lowest BCUT2D eigenvalue weighted by Gasteiger charge is -2.33. The monoisotopic (exact) mass is 326 g/mol. The summed E-state index contributed by atoms with van der Waals surface area (Å²) < 4.78 is 0. The Balaban J connectivity index is 1.40. The van der Waals surface area contributed by atoms with Gasteiger partial charge in [0.2, 0.25) is 11.8 Å². The van der Waals surface area contributed by atoms with Gasteiger partial charge in [0.05, 0.1) is 12.0 Å². The third kappa shape index (κ3) is 3.47. The number of hydrogen-bond acceptors (Lipinski definition) is 2. The second-order valence-corrected chi connectivity index (χ2v) is 7.63. The van der Waals surface area contributed by atoms with Gasteiger partial charge in [0.15, 0.2) is 0 Å². The number of carbonyl (C=O) groups excluding carboxylic acids is 2. The van der Waals surface area contributed by atoms with Gasteiger partial charge in [0, 0.05) is 19.0 Å². The molecular weight excluding hydrogens is 300 g/mol. The molecule has 2 aliphatic carbocycles. The van der Waals surface area contributed by atoms with E-state index in [-0.39, 0.29) is 29.7 Å². The molecule has 1 heterocycles. The van der Waals surface area contributed by atoms with Crippen LogP contribution in [0.4, 0.5) is 0 Å². The average molecular weight is 326 g/mol. The van der Waals surface area contributed by atoms with Crippen molar-refractivity contribution in [3.05, 3.63) is 35.9 Å². The molecule has 128 valence electrons. The summed E-state index contributed by atoms with van der Waals surface area (Å²) in [4.78, 5) is 27.0. The number of hydrogen-bond donors (Lipinski definition) is 1. The van der Waals surface area contributed by atoms with Crippen LogP contribution in [-0.4, -0.2) is 29.8 Å². The summed E-state index contributed by atoms with van der Waals surface area (Å²) in [6, 6.07) is 10.4. The topological polar surface area (TPSA) is 49.4 Å². The van der Waals surface area contributed by atoms with Crippen LogP contribution >= 0.6 is 0 Å². The Kier molecular flexibility index (Phi) is 4.30. The molecular formula is C20H26N2O2. The number of rotatable bonds is 5. The lowest BCUT2D eigenvalue weighted by molar-refractivity contribution is -0.137. The molecule has 2 atom stereocenters. The predicted molar refractivity (Wildman–Crippen MR) is 92.1 cm³/mol. The van der Waals surface area contributed by atoms with Crippen molar-refractivity contribution in [2.24, 2.45) is 17.8 Å². The molecule has 1 aromatic rings. The van der Waals surface area contributed by atoms with E-state index in [9.17, 15) is 9.59 Å². The van der Waals surface area contributed by atoms with Crippen LogP contribution in [0.2, 0.25) is 0 Å². The van der Waals surface area contributed by atoms with Crippen molar-refractivity contribution in [3.8, 4) is 0 Å². The maximum atomic E-state index is 12.8. The van der Waals surface area contributed by atoms with Crippen LogP contribution in [0.1, 0.15) is 50.1 Å². The number of nitrogens with one attached hydrogen (secondary N) is 1. The zero-order valence-corrected chi connectivity index (χ0v) is 14.1. The number of nitrogens with zero attached hydrogens (tertiary/aromatic N) is 1. The molecule has 0 aromatic heterocycles. The molecule has 2 amide bonds. The molecule has 0 spiro atoms. The molecule has 4 nitrogen and oxygen atoms in total. The van der Waals surface area contributed by atoms with E-state index in [1.165, 1.54) is 18.4 Å². The molecule has 1 aliphatic heterocycles. The Labute approximate surface area is 143 Å². The quantitative estimate of drug-likeness (QED) is 0.904. The van der Waals surface area contributed by atoms with Crippen LogP contribution < -0.4 is 5.32 Å². The summed E-state index contributed by atoms with van der Waals surface area (Å²) in [5, 5.41) is 3.29. The highest BCUT2D eigenvalue weighted by Gasteiger charge is 2.38. The number of piperidine rings is 1. The largest absolute Gasteiger partial charge is 0.349 e. The van der Waals surface area contributed by atoms with Gasteiger partial charge in [-0.15, -0.1) is 0 Å². The third-order valence-corrected chi connectivity index (χ3v) is 5.58. The third-order valence-electron chi connectivity index (χ3n) is 5.58. The molecule has 2 saturated carbocycles. The van der Waals surface area contributed by atoms with Gasteiger partial charge >= 0.3 is 0 Å². The minimum absolute atomic E-state index is 0.0496. The van der Waals surface area contributed by atoms with Gasteiger partial charge in [-0.05, 0) is 50.0 Å². The first-order chi connectivity index (χ1) is 11.7. The summed E-state index contributed by atoms with van der Waals surface area (Å²) in [6.45, 7) is 1.43. The number of carbonyl (C=O) groups is 2. The van der Waals surface area contributed by atoms with Crippen molar-refractivity contribution in [1.29, 1.82) is 0 Å². The van der Waals surface area contributed by atoms with Crippen LogP contribution in [0.5, 0.6) is 0 Å². The van der Waals surface area contributed by atoms with Crippen molar-refractivity contribution >= 4 is 11.8 Å². The molecule has 3 aliphatic rings. The van der Waals surface area contributed by atoms with Gasteiger partial charge in [0.1, 0.15) is 0 Å². The Bertz CT molecular complexity index is 607. The first-order valence-electron chi connectivity index (χ1n) is 9.36. The van der Waals surface area contributed by atoms with Crippen LogP contribution in [0, 0.1) is 17.8 Å². The summed E-state index contributed by atoms with van der Waals surface area (Å²) in [5.74, 6) is 1.17. The Morgan fingerprint density at radius 3 is 2.42 bits per heavy atom. The zero-order chi connectivity index (χ0) is 16.5. The molecule has 0 bridgehead atoms. The molecule has 1 saturated heterocycles. The summed E-state index contributed by atoms with van der Waals surface area (Å²) >= 11 is 0. The number of amides is 2. The second kappa shape index (κ2) is 6.58. The van der Waals surface area contributed by atoms with Gasteiger partial charge in [-0.1, -0.05) is 30.3 Å². The normalized spacial score (nSPS) is 25.2. The summed E-state index contributed by atoms with van der Waals surface area (Å²) in [6.07, 6.45) is 6.28. The van der Waals surface area contributed by atoms with Gasteiger partial charge < -0.3 is 10.2 Å². The lowest BCUT2D eigenvalue weighted by Crippen LogP contribution is -2.46. The fraction of sp³-hybridized carbons (Fsp3) is 0.600.